The Hall–Kier alpha value is -1.25. The van der Waals surface area contributed by atoms with Crippen LogP contribution in [0.25, 0.3) is 0 Å². The van der Waals surface area contributed by atoms with E-state index in [1.165, 1.54) is 5.57 Å². The highest BCUT2D eigenvalue weighted by Gasteiger charge is 2.17. The molecule has 2 rings (SSSR count). The van der Waals surface area contributed by atoms with Crippen molar-refractivity contribution in [1.82, 2.24) is 0 Å². The molecular weight excluding hydrogens is 126 g/mol. The van der Waals surface area contributed by atoms with Crippen molar-refractivity contribution in [3.8, 4) is 0 Å². The first-order valence-electron chi connectivity index (χ1n) is 3.20. The van der Waals surface area contributed by atoms with Crippen LogP contribution in [0, 0.1) is 0 Å². The lowest BCUT2D eigenvalue weighted by Crippen LogP contribution is -2.12. The SMILES string of the molecule is CC1=CC2=NN=NC2C=C1. The molecule has 2 aliphatic rings. The molecule has 1 aliphatic heterocycles. The molecule has 50 valence electrons. The minimum absolute atomic E-state index is 0.101. The molecule has 0 aromatic rings. The third kappa shape index (κ3) is 0.708. The molecule has 0 fully saturated rings. The highest BCUT2D eigenvalue weighted by Crippen LogP contribution is 2.15. The first-order chi connectivity index (χ1) is 4.86. The summed E-state index contributed by atoms with van der Waals surface area (Å²) in [7, 11) is 0. The maximum absolute atomic E-state index is 3.88. The third-order valence-electron chi connectivity index (χ3n) is 1.56. The summed E-state index contributed by atoms with van der Waals surface area (Å²) in [6, 6.07) is 0.101. The van der Waals surface area contributed by atoms with Crippen LogP contribution in [0.3, 0.4) is 0 Å². The lowest BCUT2D eigenvalue weighted by Gasteiger charge is -2.05. The number of rotatable bonds is 0. The van der Waals surface area contributed by atoms with Gasteiger partial charge >= 0.3 is 0 Å². The average Bonchev–Trinajstić information content (AvgIpc) is 2.33. The zero-order valence-corrected chi connectivity index (χ0v) is 5.65. The zero-order chi connectivity index (χ0) is 6.97. The van der Waals surface area contributed by atoms with Gasteiger partial charge in [-0.15, -0.1) is 5.10 Å². The maximum Gasteiger partial charge on any atom is 0.135 e. The van der Waals surface area contributed by atoms with Gasteiger partial charge in [-0.25, -0.2) is 0 Å². The van der Waals surface area contributed by atoms with Crippen molar-refractivity contribution in [3.05, 3.63) is 23.8 Å². The van der Waals surface area contributed by atoms with Crippen LogP contribution in [0.1, 0.15) is 6.92 Å². The Kier molecular flexibility index (Phi) is 1.03. The number of nitrogens with zero attached hydrogens (tertiary/aromatic N) is 3. The lowest BCUT2D eigenvalue weighted by atomic mass is 10.0. The topological polar surface area (TPSA) is 37.1 Å². The summed E-state index contributed by atoms with van der Waals surface area (Å²) in [5.41, 5.74) is 2.17. The minimum Gasteiger partial charge on any atom is -0.155 e. The van der Waals surface area contributed by atoms with Crippen molar-refractivity contribution < 1.29 is 0 Å². The van der Waals surface area contributed by atoms with Gasteiger partial charge in [0.25, 0.3) is 0 Å². The predicted octanol–water partition coefficient (Wildman–Crippen LogP) is 1.69. The molecule has 0 aromatic heterocycles. The van der Waals surface area contributed by atoms with Crippen molar-refractivity contribution in [3.63, 3.8) is 0 Å². The number of hydrogen-bond acceptors (Lipinski definition) is 3. The number of allylic oxidation sites excluding steroid dienone is 2. The normalized spacial score (nSPS) is 27.9. The van der Waals surface area contributed by atoms with Gasteiger partial charge in [0.15, 0.2) is 0 Å². The summed E-state index contributed by atoms with van der Waals surface area (Å²) in [6.07, 6.45) is 6.04. The van der Waals surface area contributed by atoms with E-state index in [1.807, 2.05) is 25.2 Å². The summed E-state index contributed by atoms with van der Waals surface area (Å²) < 4.78 is 0. The van der Waals surface area contributed by atoms with E-state index in [-0.39, 0.29) is 6.04 Å². The molecule has 1 atom stereocenters. The van der Waals surface area contributed by atoms with E-state index >= 15 is 0 Å². The van der Waals surface area contributed by atoms with Gasteiger partial charge in [-0.1, -0.05) is 12.2 Å². The largest absolute Gasteiger partial charge is 0.155 e. The van der Waals surface area contributed by atoms with Crippen molar-refractivity contribution >= 4 is 5.71 Å². The lowest BCUT2D eigenvalue weighted by molar-refractivity contribution is 0.972. The fourth-order valence-corrected chi connectivity index (χ4v) is 1.03. The Morgan fingerprint density at radius 2 is 2.40 bits per heavy atom. The summed E-state index contributed by atoms with van der Waals surface area (Å²) in [4.78, 5) is 0. The van der Waals surface area contributed by atoms with E-state index < -0.39 is 0 Å². The first kappa shape index (κ1) is 5.53. The second-order valence-corrected chi connectivity index (χ2v) is 2.42. The molecule has 3 heteroatoms. The van der Waals surface area contributed by atoms with Gasteiger partial charge in [0, 0.05) is 0 Å². The zero-order valence-electron chi connectivity index (χ0n) is 5.65. The van der Waals surface area contributed by atoms with Crippen LogP contribution < -0.4 is 0 Å². The van der Waals surface area contributed by atoms with Gasteiger partial charge in [0.05, 0.1) is 5.71 Å². The average molecular weight is 133 g/mol. The second kappa shape index (κ2) is 1.87. The fourth-order valence-electron chi connectivity index (χ4n) is 1.03. The molecule has 0 saturated heterocycles. The Labute approximate surface area is 58.9 Å². The van der Waals surface area contributed by atoms with Crippen LogP contribution in [0.4, 0.5) is 0 Å². The van der Waals surface area contributed by atoms with Crippen LogP contribution in [0.5, 0.6) is 0 Å². The molecular formula is C7H7N3. The Balaban J connectivity index is 2.39. The second-order valence-electron chi connectivity index (χ2n) is 2.42. The molecule has 0 spiro atoms. The molecule has 0 saturated carbocycles. The van der Waals surface area contributed by atoms with E-state index in [4.69, 9.17) is 0 Å². The van der Waals surface area contributed by atoms with Gasteiger partial charge in [-0.05, 0) is 23.8 Å². The van der Waals surface area contributed by atoms with Crippen LogP contribution in [0.2, 0.25) is 0 Å². The van der Waals surface area contributed by atoms with Crippen molar-refractivity contribution in [2.24, 2.45) is 15.4 Å². The summed E-state index contributed by atoms with van der Waals surface area (Å²) in [5, 5.41) is 11.3. The van der Waals surface area contributed by atoms with Crippen LogP contribution in [-0.2, 0) is 0 Å². The quantitative estimate of drug-likeness (QED) is 0.482. The third-order valence-corrected chi connectivity index (χ3v) is 1.56. The molecule has 0 radical (unpaired) electrons. The molecule has 10 heavy (non-hydrogen) atoms. The highest BCUT2D eigenvalue weighted by molar-refractivity contribution is 6.03. The van der Waals surface area contributed by atoms with Crippen molar-refractivity contribution in [2.75, 3.05) is 0 Å². The van der Waals surface area contributed by atoms with E-state index in [2.05, 4.69) is 15.4 Å². The van der Waals surface area contributed by atoms with Gasteiger partial charge in [0.2, 0.25) is 0 Å². The van der Waals surface area contributed by atoms with Gasteiger partial charge in [-0.2, -0.15) is 5.11 Å². The Bertz CT molecular complexity index is 271. The van der Waals surface area contributed by atoms with Gasteiger partial charge < -0.3 is 0 Å². The van der Waals surface area contributed by atoms with Crippen molar-refractivity contribution in [1.29, 1.82) is 0 Å². The van der Waals surface area contributed by atoms with E-state index in [0.717, 1.165) is 5.71 Å². The van der Waals surface area contributed by atoms with Crippen LogP contribution >= 0.6 is 0 Å². The van der Waals surface area contributed by atoms with Crippen molar-refractivity contribution in [2.45, 2.75) is 13.0 Å². The Morgan fingerprint density at radius 3 is 3.30 bits per heavy atom. The first-order valence-corrected chi connectivity index (χ1v) is 3.20. The highest BCUT2D eigenvalue weighted by atomic mass is 15.4. The van der Waals surface area contributed by atoms with E-state index in [0.29, 0.717) is 0 Å². The molecule has 3 nitrogen and oxygen atoms in total. The van der Waals surface area contributed by atoms with Gasteiger partial charge in [-0.3, -0.25) is 0 Å². The fraction of sp³-hybridized carbons (Fsp3) is 0.286. The Morgan fingerprint density at radius 1 is 1.50 bits per heavy atom. The molecule has 1 heterocycles. The summed E-state index contributed by atoms with van der Waals surface area (Å²) >= 11 is 0. The maximum atomic E-state index is 3.88. The molecule has 0 aromatic carbocycles. The molecule has 0 bridgehead atoms. The molecule has 0 N–H and O–H groups in total. The number of hydrogen-bond donors (Lipinski definition) is 0. The minimum atomic E-state index is 0.101. The monoisotopic (exact) mass is 133 g/mol. The smallest absolute Gasteiger partial charge is 0.135 e. The standard InChI is InChI=1S/C7H7N3/c1-5-2-3-6-7(4-5)9-10-8-6/h2-4,6H,1H3. The van der Waals surface area contributed by atoms with Crippen LogP contribution in [-0.4, -0.2) is 11.8 Å². The molecule has 1 unspecified atom stereocenters. The number of fused-ring (bicyclic) bond motifs is 1. The summed E-state index contributed by atoms with van der Waals surface area (Å²) in [5.74, 6) is 0. The van der Waals surface area contributed by atoms with Crippen LogP contribution in [0.15, 0.2) is 39.2 Å². The molecule has 0 amide bonds. The predicted molar refractivity (Wildman–Crippen MR) is 39.0 cm³/mol. The van der Waals surface area contributed by atoms with Gasteiger partial charge in [0.1, 0.15) is 6.04 Å². The summed E-state index contributed by atoms with van der Waals surface area (Å²) in [6.45, 7) is 2.04. The van der Waals surface area contributed by atoms with E-state index in [9.17, 15) is 0 Å². The van der Waals surface area contributed by atoms with E-state index in [1.54, 1.807) is 0 Å². The molecule has 1 aliphatic carbocycles.